The Bertz CT molecular complexity index is 531. The van der Waals surface area contributed by atoms with E-state index in [1.165, 1.54) is 5.56 Å². The summed E-state index contributed by atoms with van der Waals surface area (Å²) in [6, 6.07) is 2.51. The number of urea groups is 1. The average Bonchev–Trinajstić information content (AvgIpc) is 3.19. The quantitative estimate of drug-likeness (QED) is 0.923. The molecule has 0 unspecified atom stereocenters. The van der Waals surface area contributed by atoms with Gasteiger partial charge in [-0.05, 0) is 31.7 Å². The van der Waals surface area contributed by atoms with E-state index in [2.05, 4.69) is 15.1 Å². The molecule has 0 aliphatic carbocycles. The predicted octanol–water partition coefficient (Wildman–Crippen LogP) is 1.82. The molecular formula is C17H25N3O3. The van der Waals surface area contributed by atoms with Gasteiger partial charge in [0, 0.05) is 51.0 Å². The lowest BCUT2D eigenvalue weighted by molar-refractivity contribution is -0.0158. The molecule has 4 heterocycles. The highest BCUT2D eigenvalue weighted by molar-refractivity contribution is 5.78. The highest BCUT2D eigenvalue weighted by Crippen LogP contribution is 2.35. The Balaban J connectivity index is 1.39. The maximum absolute atomic E-state index is 12.4. The van der Waals surface area contributed by atoms with E-state index in [1.54, 1.807) is 6.26 Å². The van der Waals surface area contributed by atoms with Crippen molar-refractivity contribution in [2.45, 2.75) is 43.8 Å². The molecule has 1 aromatic heterocycles. The van der Waals surface area contributed by atoms with Crippen LogP contribution in [0.4, 0.5) is 4.79 Å². The number of carbonyl (C=O) groups is 1. The van der Waals surface area contributed by atoms with Crippen LogP contribution in [0.3, 0.4) is 0 Å². The van der Waals surface area contributed by atoms with Gasteiger partial charge in [-0.25, -0.2) is 4.79 Å². The number of likely N-dealkylation sites (tertiary alicyclic amines) is 1. The molecule has 23 heavy (non-hydrogen) atoms. The molecule has 0 atom stereocenters. The Labute approximate surface area is 136 Å². The lowest BCUT2D eigenvalue weighted by Gasteiger charge is -2.46. The first-order valence-electron chi connectivity index (χ1n) is 8.65. The van der Waals surface area contributed by atoms with Gasteiger partial charge in [-0.1, -0.05) is 0 Å². The van der Waals surface area contributed by atoms with E-state index >= 15 is 0 Å². The molecule has 3 aliphatic rings. The number of ether oxygens (including phenoxy) is 1. The van der Waals surface area contributed by atoms with Crippen LogP contribution in [0.15, 0.2) is 23.0 Å². The summed E-state index contributed by atoms with van der Waals surface area (Å²) >= 11 is 0. The molecule has 1 aromatic rings. The number of amides is 2. The molecule has 1 spiro atoms. The maximum atomic E-state index is 12.4. The summed E-state index contributed by atoms with van der Waals surface area (Å²) in [5.41, 5.74) is 1.22. The van der Waals surface area contributed by atoms with Crippen molar-refractivity contribution in [2.75, 3.05) is 32.8 Å². The van der Waals surface area contributed by atoms with Gasteiger partial charge in [0.15, 0.2) is 0 Å². The topological polar surface area (TPSA) is 58.0 Å². The number of nitrogens with one attached hydrogen (secondary N) is 1. The van der Waals surface area contributed by atoms with Crippen LogP contribution < -0.4 is 5.32 Å². The smallest absolute Gasteiger partial charge is 0.318 e. The molecular weight excluding hydrogens is 294 g/mol. The summed E-state index contributed by atoms with van der Waals surface area (Å²) in [4.78, 5) is 17.1. The van der Waals surface area contributed by atoms with E-state index in [9.17, 15) is 4.79 Å². The Morgan fingerprint density at radius 3 is 2.74 bits per heavy atom. The van der Waals surface area contributed by atoms with Crippen LogP contribution in [0.25, 0.3) is 0 Å². The van der Waals surface area contributed by atoms with Gasteiger partial charge in [-0.15, -0.1) is 0 Å². The molecule has 4 rings (SSSR count). The second kappa shape index (κ2) is 6.17. The zero-order chi connectivity index (χ0) is 15.7. The standard InChI is InChI=1S/C17H25N3O3/c21-16-18-13-17(4-9-22-10-5-17)20(16)15-1-6-19(7-2-15)11-14-3-8-23-12-14/h3,8,12,15H,1-2,4-7,9-11,13H2,(H,18,21). The Kier molecular flexibility index (Phi) is 4.03. The van der Waals surface area contributed by atoms with Gasteiger partial charge in [0.25, 0.3) is 0 Å². The van der Waals surface area contributed by atoms with Crippen LogP contribution in [0.1, 0.15) is 31.2 Å². The van der Waals surface area contributed by atoms with E-state index in [0.717, 1.165) is 65.1 Å². The molecule has 0 bridgehead atoms. The third-order valence-corrected chi connectivity index (χ3v) is 5.63. The highest BCUT2D eigenvalue weighted by atomic mass is 16.5. The van der Waals surface area contributed by atoms with Crippen molar-refractivity contribution in [3.8, 4) is 0 Å². The molecule has 1 N–H and O–H groups in total. The minimum Gasteiger partial charge on any atom is -0.472 e. The van der Waals surface area contributed by atoms with E-state index in [0.29, 0.717) is 6.04 Å². The fourth-order valence-corrected chi connectivity index (χ4v) is 4.32. The number of carbonyl (C=O) groups excluding carboxylic acids is 1. The fourth-order valence-electron chi connectivity index (χ4n) is 4.32. The van der Waals surface area contributed by atoms with Crippen LogP contribution >= 0.6 is 0 Å². The number of nitrogens with zero attached hydrogens (tertiary/aromatic N) is 2. The summed E-state index contributed by atoms with van der Waals surface area (Å²) in [6.07, 6.45) is 7.56. The first kappa shape index (κ1) is 15.0. The first-order chi connectivity index (χ1) is 11.3. The first-order valence-corrected chi connectivity index (χ1v) is 8.65. The molecule has 126 valence electrons. The van der Waals surface area contributed by atoms with Gasteiger partial charge in [0.2, 0.25) is 0 Å². The monoisotopic (exact) mass is 319 g/mol. The summed E-state index contributed by atoms with van der Waals surface area (Å²) < 4.78 is 10.7. The van der Waals surface area contributed by atoms with E-state index < -0.39 is 0 Å². The third kappa shape index (κ3) is 2.85. The van der Waals surface area contributed by atoms with Crippen molar-refractivity contribution >= 4 is 6.03 Å². The van der Waals surface area contributed by atoms with Crippen LogP contribution in [0.2, 0.25) is 0 Å². The van der Waals surface area contributed by atoms with Gasteiger partial charge in [-0.3, -0.25) is 4.90 Å². The Hall–Kier alpha value is -1.53. The maximum Gasteiger partial charge on any atom is 0.318 e. The molecule has 0 radical (unpaired) electrons. The van der Waals surface area contributed by atoms with Gasteiger partial charge in [0.05, 0.1) is 18.1 Å². The summed E-state index contributed by atoms with van der Waals surface area (Å²) in [7, 11) is 0. The number of furan rings is 1. The number of rotatable bonds is 3. The van der Waals surface area contributed by atoms with Crippen LogP contribution in [0.5, 0.6) is 0 Å². The number of hydrogen-bond acceptors (Lipinski definition) is 4. The molecule has 6 nitrogen and oxygen atoms in total. The zero-order valence-corrected chi connectivity index (χ0v) is 13.5. The number of hydrogen-bond donors (Lipinski definition) is 1. The summed E-state index contributed by atoms with van der Waals surface area (Å²) in [5.74, 6) is 0. The van der Waals surface area contributed by atoms with Crippen molar-refractivity contribution in [3.63, 3.8) is 0 Å². The number of piperidine rings is 1. The molecule has 0 aromatic carbocycles. The van der Waals surface area contributed by atoms with E-state index in [4.69, 9.17) is 9.15 Å². The predicted molar refractivity (Wildman–Crippen MR) is 85.0 cm³/mol. The zero-order valence-electron chi connectivity index (χ0n) is 13.5. The SMILES string of the molecule is O=C1NCC2(CCOCC2)N1C1CCN(Cc2ccoc2)CC1. The van der Waals surface area contributed by atoms with Crippen LogP contribution in [-0.2, 0) is 11.3 Å². The molecule has 3 aliphatic heterocycles. The van der Waals surface area contributed by atoms with Crippen molar-refractivity contribution in [1.82, 2.24) is 15.1 Å². The molecule has 3 fully saturated rings. The van der Waals surface area contributed by atoms with Gasteiger partial charge in [0.1, 0.15) is 0 Å². The van der Waals surface area contributed by atoms with Gasteiger partial charge < -0.3 is 19.4 Å². The molecule has 0 saturated carbocycles. The highest BCUT2D eigenvalue weighted by Gasteiger charge is 2.49. The van der Waals surface area contributed by atoms with E-state index in [-0.39, 0.29) is 11.6 Å². The van der Waals surface area contributed by atoms with Gasteiger partial charge >= 0.3 is 6.03 Å². The second-order valence-electron chi connectivity index (χ2n) is 7.00. The van der Waals surface area contributed by atoms with Crippen LogP contribution in [-0.4, -0.2) is 60.3 Å². The molecule has 2 amide bonds. The average molecular weight is 319 g/mol. The molecule has 3 saturated heterocycles. The van der Waals surface area contributed by atoms with Crippen molar-refractivity contribution in [2.24, 2.45) is 0 Å². The Morgan fingerprint density at radius 1 is 1.26 bits per heavy atom. The second-order valence-corrected chi connectivity index (χ2v) is 7.00. The summed E-state index contributed by atoms with van der Waals surface area (Å²) in [5, 5.41) is 3.08. The lowest BCUT2D eigenvalue weighted by Crippen LogP contribution is -2.57. The third-order valence-electron chi connectivity index (χ3n) is 5.63. The minimum absolute atomic E-state index is 0.00721. The van der Waals surface area contributed by atoms with Gasteiger partial charge in [-0.2, -0.15) is 0 Å². The fraction of sp³-hybridized carbons (Fsp3) is 0.706. The van der Waals surface area contributed by atoms with Crippen molar-refractivity contribution in [3.05, 3.63) is 24.2 Å². The summed E-state index contributed by atoms with van der Waals surface area (Å²) in [6.45, 7) is 5.33. The van der Waals surface area contributed by atoms with Crippen LogP contribution in [0, 0.1) is 0 Å². The van der Waals surface area contributed by atoms with Crippen molar-refractivity contribution < 1.29 is 13.9 Å². The van der Waals surface area contributed by atoms with E-state index in [1.807, 2.05) is 12.3 Å². The Morgan fingerprint density at radius 2 is 2.04 bits per heavy atom. The normalized spacial score (nSPS) is 25.9. The molecule has 6 heteroatoms. The lowest BCUT2D eigenvalue weighted by atomic mass is 9.86. The minimum atomic E-state index is -0.00721. The van der Waals surface area contributed by atoms with Crippen molar-refractivity contribution in [1.29, 1.82) is 0 Å². The largest absolute Gasteiger partial charge is 0.472 e.